The first-order valence-electron chi connectivity index (χ1n) is 5.77. The fourth-order valence-electron chi connectivity index (χ4n) is 1.16. The van der Waals surface area contributed by atoms with E-state index >= 15 is 0 Å². The molecular weight excluding hydrogens is 200 g/mol. The Bertz CT molecular complexity index is 119. The zero-order valence-electron chi connectivity index (χ0n) is 10.6. The molecule has 0 saturated carbocycles. The third-order valence-electron chi connectivity index (χ3n) is 1.99. The van der Waals surface area contributed by atoms with Crippen molar-refractivity contribution in [3.8, 4) is 0 Å². The summed E-state index contributed by atoms with van der Waals surface area (Å²) in [5.41, 5.74) is 0. The van der Waals surface area contributed by atoms with Gasteiger partial charge in [0.05, 0.1) is 0 Å². The number of nitrogens with zero attached hydrogens (tertiary/aromatic N) is 1. The van der Waals surface area contributed by atoms with Crippen molar-refractivity contribution in [2.75, 3.05) is 26.2 Å². The second-order valence-electron chi connectivity index (χ2n) is 2.81. The summed E-state index contributed by atoms with van der Waals surface area (Å²) in [6.45, 7) is 11.9. The van der Waals surface area contributed by atoms with Crippen molar-refractivity contribution in [1.29, 1.82) is 0 Å². The topological polar surface area (TPSA) is 12.5 Å². The summed E-state index contributed by atoms with van der Waals surface area (Å²) in [5.74, 6) is 0. The molecule has 1 atom stereocenters. The Morgan fingerprint density at radius 1 is 1.07 bits per heavy atom. The number of likely N-dealkylation sites (N-methyl/N-ethyl adjacent to an activating group) is 1. The minimum atomic E-state index is -2.39. The molecular formula is C11H25F2NO. The van der Waals surface area contributed by atoms with E-state index in [1.807, 2.05) is 32.6 Å². The SMILES string of the molecule is CC.CCO[C@@H](CN(CC)CC)C(F)F. The molecule has 0 spiro atoms. The molecule has 0 fully saturated rings. The third kappa shape index (κ3) is 8.75. The molecule has 0 bridgehead atoms. The van der Waals surface area contributed by atoms with Gasteiger partial charge in [0.2, 0.25) is 0 Å². The number of halogens is 2. The molecule has 0 amide bonds. The molecule has 94 valence electrons. The highest BCUT2D eigenvalue weighted by molar-refractivity contribution is 4.66. The number of hydrogen-bond donors (Lipinski definition) is 0. The van der Waals surface area contributed by atoms with Crippen molar-refractivity contribution in [2.45, 2.75) is 47.1 Å². The maximum atomic E-state index is 12.4. The Labute approximate surface area is 92.6 Å². The Hall–Kier alpha value is -0.220. The second kappa shape index (κ2) is 11.9. The summed E-state index contributed by atoms with van der Waals surface area (Å²) in [6.07, 6.45) is -3.33. The van der Waals surface area contributed by atoms with Gasteiger partial charge in [0.15, 0.2) is 0 Å². The van der Waals surface area contributed by atoms with Gasteiger partial charge in [0, 0.05) is 13.2 Å². The molecule has 0 N–H and O–H groups in total. The van der Waals surface area contributed by atoms with E-state index < -0.39 is 12.5 Å². The first kappa shape index (κ1) is 17.2. The Morgan fingerprint density at radius 2 is 1.53 bits per heavy atom. The van der Waals surface area contributed by atoms with Crippen molar-refractivity contribution in [3.05, 3.63) is 0 Å². The average Bonchev–Trinajstić information content (AvgIpc) is 2.26. The van der Waals surface area contributed by atoms with E-state index in [9.17, 15) is 8.78 Å². The quantitative estimate of drug-likeness (QED) is 0.660. The van der Waals surface area contributed by atoms with E-state index in [1.165, 1.54) is 0 Å². The summed E-state index contributed by atoms with van der Waals surface area (Å²) < 4.78 is 29.7. The molecule has 0 saturated heterocycles. The first-order valence-corrected chi connectivity index (χ1v) is 5.77. The zero-order chi connectivity index (χ0) is 12.3. The van der Waals surface area contributed by atoms with Crippen LogP contribution >= 0.6 is 0 Å². The second-order valence-corrected chi connectivity index (χ2v) is 2.81. The number of alkyl halides is 2. The van der Waals surface area contributed by atoms with Gasteiger partial charge in [-0.05, 0) is 20.0 Å². The van der Waals surface area contributed by atoms with Gasteiger partial charge in [-0.1, -0.05) is 27.7 Å². The molecule has 0 aliphatic rings. The normalized spacial score (nSPS) is 12.6. The first-order chi connectivity index (χ1) is 7.15. The van der Waals surface area contributed by atoms with Gasteiger partial charge in [-0.25, -0.2) is 8.78 Å². The summed E-state index contributed by atoms with van der Waals surface area (Å²) in [7, 11) is 0. The predicted octanol–water partition coefficient (Wildman–Crippen LogP) is 3.02. The summed E-state index contributed by atoms with van der Waals surface area (Å²) in [5, 5.41) is 0. The molecule has 0 aromatic rings. The fourth-order valence-corrected chi connectivity index (χ4v) is 1.16. The van der Waals surface area contributed by atoms with Gasteiger partial charge >= 0.3 is 0 Å². The van der Waals surface area contributed by atoms with Crippen LogP contribution in [0.25, 0.3) is 0 Å². The molecule has 0 rings (SSSR count). The highest BCUT2D eigenvalue weighted by Gasteiger charge is 2.22. The van der Waals surface area contributed by atoms with Crippen LogP contribution in [0.5, 0.6) is 0 Å². The highest BCUT2D eigenvalue weighted by atomic mass is 19.3. The van der Waals surface area contributed by atoms with Crippen LogP contribution < -0.4 is 0 Å². The smallest absolute Gasteiger partial charge is 0.265 e. The van der Waals surface area contributed by atoms with E-state index in [0.717, 1.165) is 13.1 Å². The van der Waals surface area contributed by atoms with Crippen molar-refractivity contribution in [2.24, 2.45) is 0 Å². The number of hydrogen-bond acceptors (Lipinski definition) is 2. The van der Waals surface area contributed by atoms with Crippen molar-refractivity contribution >= 4 is 0 Å². The van der Waals surface area contributed by atoms with Crippen LogP contribution in [0, 0.1) is 0 Å². The van der Waals surface area contributed by atoms with Gasteiger partial charge < -0.3 is 9.64 Å². The maximum absolute atomic E-state index is 12.4. The largest absolute Gasteiger partial charge is 0.371 e. The van der Waals surface area contributed by atoms with Gasteiger partial charge in [0.25, 0.3) is 6.43 Å². The molecule has 0 heterocycles. The van der Waals surface area contributed by atoms with E-state index in [-0.39, 0.29) is 0 Å². The van der Waals surface area contributed by atoms with Gasteiger partial charge in [-0.15, -0.1) is 0 Å². The van der Waals surface area contributed by atoms with Gasteiger partial charge in [-0.3, -0.25) is 0 Å². The lowest BCUT2D eigenvalue weighted by Gasteiger charge is -2.24. The standard InChI is InChI=1S/C9H19F2NO.C2H6/c1-4-12(5-2)7-8(9(10)11)13-6-3;1-2/h8-9H,4-7H2,1-3H3;1-2H3/t8-;/m0./s1. The van der Waals surface area contributed by atoms with Crippen LogP contribution in [0.15, 0.2) is 0 Å². The van der Waals surface area contributed by atoms with Crippen molar-refractivity contribution in [3.63, 3.8) is 0 Å². The average molecular weight is 225 g/mol. The summed E-state index contributed by atoms with van der Waals surface area (Å²) >= 11 is 0. The zero-order valence-corrected chi connectivity index (χ0v) is 10.6. The number of rotatable bonds is 7. The predicted molar refractivity (Wildman–Crippen MR) is 60.6 cm³/mol. The van der Waals surface area contributed by atoms with Crippen LogP contribution in [0.1, 0.15) is 34.6 Å². The fraction of sp³-hybridized carbons (Fsp3) is 1.00. The van der Waals surface area contributed by atoms with E-state index in [4.69, 9.17) is 4.74 Å². The Balaban J connectivity index is 0. The lowest BCUT2D eigenvalue weighted by Crippen LogP contribution is -2.37. The molecule has 15 heavy (non-hydrogen) atoms. The summed E-state index contributed by atoms with van der Waals surface area (Å²) in [6, 6.07) is 0. The van der Waals surface area contributed by atoms with Crippen LogP contribution in [0.3, 0.4) is 0 Å². The molecule has 0 aromatic carbocycles. The minimum Gasteiger partial charge on any atom is -0.371 e. The van der Waals surface area contributed by atoms with Crippen LogP contribution in [-0.2, 0) is 4.74 Å². The van der Waals surface area contributed by atoms with E-state index in [0.29, 0.717) is 13.2 Å². The van der Waals surface area contributed by atoms with Crippen LogP contribution in [0.2, 0.25) is 0 Å². The van der Waals surface area contributed by atoms with Crippen molar-refractivity contribution < 1.29 is 13.5 Å². The van der Waals surface area contributed by atoms with Gasteiger partial charge in [-0.2, -0.15) is 0 Å². The van der Waals surface area contributed by atoms with E-state index in [2.05, 4.69) is 0 Å². The molecule has 2 nitrogen and oxygen atoms in total. The Kier molecular flexibility index (Phi) is 13.6. The number of ether oxygens (including phenoxy) is 1. The molecule has 0 aromatic heterocycles. The summed E-state index contributed by atoms with van der Waals surface area (Å²) in [4.78, 5) is 1.94. The van der Waals surface area contributed by atoms with Crippen LogP contribution in [-0.4, -0.2) is 43.7 Å². The van der Waals surface area contributed by atoms with Crippen molar-refractivity contribution in [1.82, 2.24) is 4.90 Å². The molecule has 0 unspecified atom stereocenters. The van der Waals surface area contributed by atoms with E-state index in [1.54, 1.807) is 6.92 Å². The third-order valence-corrected chi connectivity index (χ3v) is 1.99. The lowest BCUT2D eigenvalue weighted by molar-refractivity contribution is -0.0647. The lowest BCUT2D eigenvalue weighted by atomic mass is 10.3. The van der Waals surface area contributed by atoms with Crippen LogP contribution in [0.4, 0.5) is 8.78 Å². The molecule has 0 aliphatic carbocycles. The minimum absolute atomic E-state index is 0.318. The highest BCUT2D eigenvalue weighted by Crippen LogP contribution is 2.07. The molecule has 4 heteroatoms. The molecule has 0 radical (unpaired) electrons. The monoisotopic (exact) mass is 225 g/mol. The molecule has 0 aliphatic heterocycles. The Morgan fingerprint density at radius 3 is 1.80 bits per heavy atom. The van der Waals surface area contributed by atoms with Gasteiger partial charge in [0.1, 0.15) is 6.10 Å². The maximum Gasteiger partial charge on any atom is 0.265 e.